The van der Waals surface area contributed by atoms with Crippen molar-refractivity contribution in [3.05, 3.63) is 47.6 Å². The lowest BCUT2D eigenvalue weighted by atomic mass is 9.68. The first-order valence-corrected chi connectivity index (χ1v) is 28.4. The molecule has 1 amide bonds. The molecular weight excluding hydrogens is 946 g/mol. The second-order valence-electron chi connectivity index (χ2n) is 21.7. The lowest BCUT2D eigenvalue weighted by Gasteiger charge is -2.50. The number of ether oxygens (including phenoxy) is 5. The summed E-state index contributed by atoms with van der Waals surface area (Å²) in [6.45, 7) is 16.1. The molecule has 4 bridgehead atoms. The van der Waals surface area contributed by atoms with Gasteiger partial charge >= 0.3 is 13.6 Å². The molecule has 72 heavy (non-hydrogen) atoms. The topological polar surface area (TPSA) is 211 Å². The van der Waals surface area contributed by atoms with E-state index in [1.54, 1.807) is 41.1 Å². The molecule has 2 N–H and O–H groups in total. The fraction of sp³-hybridized carbons (Fsp3) is 0.764. The van der Waals surface area contributed by atoms with Gasteiger partial charge in [-0.3, -0.25) is 23.7 Å². The number of aliphatic hydroxyl groups is 2. The molecule has 0 aromatic rings. The van der Waals surface area contributed by atoms with E-state index in [-0.39, 0.29) is 42.5 Å². The normalized spacial score (nSPS) is 41.1. The van der Waals surface area contributed by atoms with Gasteiger partial charge in [-0.1, -0.05) is 71.1 Å². The van der Waals surface area contributed by atoms with Gasteiger partial charge in [-0.05, 0) is 114 Å². The molecule has 0 aromatic carbocycles. The lowest BCUT2D eigenvalue weighted by Crippen LogP contribution is -2.65. The molecule has 5 aliphatic rings. The molecule has 0 spiro atoms. The van der Waals surface area contributed by atoms with Crippen LogP contribution in [0.25, 0.3) is 0 Å². The van der Waals surface area contributed by atoms with Gasteiger partial charge in [0.25, 0.3) is 11.7 Å². The van der Waals surface area contributed by atoms with Crippen LogP contribution in [-0.2, 0) is 61.3 Å². The maximum Gasteiger partial charge on any atom is 0.329 e. The van der Waals surface area contributed by atoms with Crippen LogP contribution in [0.1, 0.15) is 132 Å². The van der Waals surface area contributed by atoms with Gasteiger partial charge in [0.05, 0.1) is 30.5 Å². The Bertz CT molecular complexity index is 2070. The van der Waals surface area contributed by atoms with E-state index in [0.29, 0.717) is 76.2 Å². The smallest absolute Gasteiger partial charge is 0.329 e. The van der Waals surface area contributed by atoms with E-state index in [1.165, 1.54) is 18.7 Å². The van der Waals surface area contributed by atoms with E-state index in [4.69, 9.17) is 32.7 Å². The van der Waals surface area contributed by atoms with E-state index >= 15 is 0 Å². The van der Waals surface area contributed by atoms with Crippen molar-refractivity contribution in [3.8, 4) is 0 Å². The number of piperidine rings is 1. The van der Waals surface area contributed by atoms with Crippen LogP contribution in [-0.4, -0.2) is 140 Å². The number of Topliss-reactive ketones (excluding diaryl/α,β-unsaturated/α-hetero) is 3. The number of carbonyl (C=O) groups excluding carboxylic acids is 5. The number of methoxy groups -OCH3 is 3. The molecule has 18 atom stereocenters. The van der Waals surface area contributed by atoms with Gasteiger partial charge in [0, 0.05) is 71.1 Å². The second-order valence-corrected chi connectivity index (χ2v) is 23.7. The second kappa shape index (κ2) is 26.5. The van der Waals surface area contributed by atoms with Crippen LogP contribution >= 0.6 is 7.60 Å². The first-order chi connectivity index (χ1) is 34.0. The van der Waals surface area contributed by atoms with Gasteiger partial charge in [-0.15, -0.1) is 0 Å². The summed E-state index contributed by atoms with van der Waals surface area (Å²) in [6, 6.07) is -1.17. The van der Waals surface area contributed by atoms with Crippen LogP contribution in [0.3, 0.4) is 0 Å². The summed E-state index contributed by atoms with van der Waals surface area (Å²) in [7, 11) is 1.11. The summed E-state index contributed by atoms with van der Waals surface area (Å²) in [6.07, 6.45) is 10.8. The molecule has 17 heteroatoms. The molecule has 4 heterocycles. The molecule has 4 aliphatic heterocycles. The number of hydrogen-bond acceptors (Lipinski definition) is 15. The average Bonchev–Trinajstić information content (AvgIpc) is 3.34. The highest BCUT2D eigenvalue weighted by molar-refractivity contribution is 7.53. The third-order valence-electron chi connectivity index (χ3n) is 16.2. The van der Waals surface area contributed by atoms with E-state index in [9.17, 15) is 38.8 Å². The number of fused-ring (bicyclic) bond motifs is 4. The highest BCUT2D eigenvalue weighted by Crippen LogP contribution is 2.51. The predicted octanol–water partition coefficient (Wildman–Crippen LogP) is 8.06. The number of rotatable bonds is 10. The first-order valence-electron chi connectivity index (χ1n) is 26.4. The SMILES string of the molecule is CCC(C)OP(C)(=O)O[C@@H]1CC[C@@H](CC2[C@H]3CCCN4C(=O)C(=O)[C@]5(O)O[C@@H](CC[C@H]5C)C[C@H](OC)/C(C)=C/C=C/C=C/[C@@H](C)C[C@@H](C)C(=O)[C@H](OC)[C@H](O)/C(C)=C/C(C)C(=O)C[C@@H]2OC(=O)C34)C[C@H]1OC. The Hall–Kier alpha value is -3.18. The van der Waals surface area contributed by atoms with Crippen molar-refractivity contribution in [2.24, 2.45) is 41.4 Å². The zero-order valence-corrected chi connectivity index (χ0v) is 45.9. The van der Waals surface area contributed by atoms with Crippen LogP contribution in [0.15, 0.2) is 47.6 Å². The molecule has 1 aliphatic carbocycles. The Kier molecular flexibility index (Phi) is 22.0. The van der Waals surface area contributed by atoms with Crippen LogP contribution in [0.2, 0.25) is 0 Å². The zero-order valence-electron chi connectivity index (χ0n) is 45.0. The number of amides is 1. The molecule has 0 radical (unpaired) electrons. The number of ketones is 3. The maximum atomic E-state index is 14.6. The third-order valence-corrected chi connectivity index (χ3v) is 17.6. The molecule has 5 unspecified atom stereocenters. The van der Waals surface area contributed by atoms with Crippen LogP contribution < -0.4 is 0 Å². The van der Waals surface area contributed by atoms with Crippen LogP contribution in [0.5, 0.6) is 0 Å². The summed E-state index contributed by atoms with van der Waals surface area (Å²) < 4.78 is 55.2. The number of allylic oxidation sites excluding steroid dienone is 6. The summed E-state index contributed by atoms with van der Waals surface area (Å²) in [4.78, 5) is 72.9. The summed E-state index contributed by atoms with van der Waals surface area (Å²) in [5.74, 6) is -8.81. The van der Waals surface area contributed by atoms with Crippen LogP contribution in [0, 0.1) is 41.4 Å². The van der Waals surface area contributed by atoms with Gasteiger partial charge < -0.3 is 47.8 Å². The molecule has 5 rings (SSSR count). The largest absolute Gasteiger partial charge is 0.460 e. The molecule has 1 saturated carbocycles. The quantitative estimate of drug-likeness (QED) is 0.0917. The van der Waals surface area contributed by atoms with E-state index < -0.39 is 109 Å². The fourth-order valence-corrected chi connectivity index (χ4v) is 13.3. The highest BCUT2D eigenvalue weighted by Gasteiger charge is 2.57. The minimum atomic E-state index is -3.42. The van der Waals surface area contributed by atoms with Crippen molar-refractivity contribution in [1.29, 1.82) is 0 Å². The first kappa shape index (κ1) is 59.7. The number of hydrogen-bond donors (Lipinski definition) is 2. The Balaban J connectivity index is 1.50. The molecule has 3 saturated heterocycles. The number of aliphatic hydroxyl groups excluding tert-OH is 1. The minimum absolute atomic E-state index is 0.00936. The van der Waals surface area contributed by atoms with Gasteiger partial charge in [0.15, 0.2) is 5.78 Å². The summed E-state index contributed by atoms with van der Waals surface area (Å²) >= 11 is 0. The van der Waals surface area contributed by atoms with Crippen molar-refractivity contribution in [2.75, 3.05) is 34.5 Å². The monoisotopic (exact) mass is 1030 g/mol. The molecular formula is C55H86NO15P. The number of carbonyl (C=O) groups is 5. The van der Waals surface area contributed by atoms with Crippen LogP contribution in [0.4, 0.5) is 0 Å². The molecule has 406 valence electrons. The Morgan fingerprint density at radius 3 is 2.28 bits per heavy atom. The van der Waals surface area contributed by atoms with E-state index in [0.717, 1.165) is 5.57 Å². The van der Waals surface area contributed by atoms with Crippen molar-refractivity contribution in [2.45, 2.75) is 193 Å². The summed E-state index contributed by atoms with van der Waals surface area (Å²) in [5.41, 5.74) is 1.25. The standard InChI is InChI=1S/C55H86NO15P/c1-13-38(8)70-72(12,64)71-44-24-22-39(29-47(44)66-10)28-42-41-20-17-25-56-48(41)54(62)68-46(42)31-43(57)34(4)27-36(6)50(59)51(67-11)49(58)35(5)26-32(2)18-15-14-16-19-33(3)45(65-9)30-40-23-21-37(7)55(63,69-40)52(60)53(56)61/h14-16,18-19,27,32,34-35,37-42,44-48,50-51,59,63H,13,17,20-26,28-31H2,1-12H3/b16-14+,18-15+,33-19+,36-27+/t32-,34?,35-,37-,38?,39+,40+,41-,42?,44-,45+,46+,47-,48?,50-,51+,55-,72?/m1/s1. The molecule has 16 nitrogen and oxygen atoms in total. The Labute approximate surface area is 428 Å². The zero-order chi connectivity index (χ0) is 53.2. The number of esters is 1. The predicted molar refractivity (Wildman–Crippen MR) is 272 cm³/mol. The average molecular weight is 1030 g/mol. The minimum Gasteiger partial charge on any atom is -0.460 e. The Morgan fingerprint density at radius 2 is 1.61 bits per heavy atom. The van der Waals surface area contributed by atoms with Gasteiger partial charge in [-0.2, -0.15) is 0 Å². The van der Waals surface area contributed by atoms with Crippen molar-refractivity contribution in [1.82, 2.24) is 4.90 Å². The fourth-order valence-electron chi connectivity index (χ4n) is 11.7. The van der Waals surface area contributed by atoms with Gasteiger partial charge in [0.1, 0.15) is 30.1 Å². The molecule has 4 fully saturated rings. The maximum absolute atomic E-state index is 14.6. The van der Waals surface area contributed by atoms with Crippen molar-refractivity contribution >= 4 is 36.8 Å². The van der Waals surface area contributed by atoms with Gasteiger partial charge in [-0.25, -0.2) is 4.79 Å². The highest BCUT2D eigenvalue weighted by atomic mass is 31.2. The van der Waals surface area contributed by atoms with Gasteiger partial charge in [0.2, 0.25) is 5.79 Å². The summed E-state index contributed by atoms with van der Waals surface area (Å²) in [5, 5.41) is 23.6. The molecule has 0 aromatic heterocycles. The van der Waals surface area contributed by atoms with Crippen molar-refractivity contribution in [3.63, 3.8) is 0 Å². The van der Waals surface area contributed by atoms with Crippen molar-refractivity contribution < 1.29 is 71.5 Å². The third kappa shape index (κ3) is 14.8. The lowest BCUT2D eigenvalue weighted by molar-refractivity contribution is -0.266. The Morgan fingerprint density at radius 1 is 0.889 bits per heavy atom. The van der Waals surface area contributed by atoms with E-state index in [1.807, 2.05) is 65.0 Å². The van der Waals surface area contributed by atoms with E-state index in [2.05, 4.69) is 0 Å². The number of nitrogens with zero attached hydrogens (tertiary/aromatic N) is 1.